The smallest absolute Gasteiger partial charge is 0.314 e. The van der Waals surface area contributed by atoms with Gasteiger partial charge in [-0.3, -0.25) is 4.79 Å². The molecule has 3 heteroatoms. The second-order valence-corrected chi connectivity index (χ2v) is 2.81. The molecule has 1 saturated heterocycles. The second-order valence-electron chi connectivity index (χ2n) is 2.81. The van der Waals surface area contributed by atoms with Crippen LogP contribution in [0.25, 0.3) is 0 Å². The summed E-state index contributed by atoms with van der Waals surface area (Å²) in [5.41, 5.74) is -0.444. The van der Waals surface area contributed by atoms with E-state index in [0.29, 0.717) is 12.5 Å². The van der Waals surface area contributed by atoms with Gasteiger partial charge in [0, 0.05) is 5.92 Å². The summed E-state index contributed by atoms with van der Waals surface area (Å²) in [4.78, 5) is 10.8. The quantitative estimate of drug-likeness (QED) is 0.486. The van der Waals surface area contributed by atoms with Gasteiger partial charge in [-0.15, -0.1) is 0 Å². The average molecular weight is 128 g/mol. The molecule has 3 nitrogen and oxygen atoms in total. The van der Waals surface area contributed by atoms with Crippen LogP contribution in [0.3, 0.4) is 0 Å². The first kappa shape index (κ1) is 5.23. The van der Waals surface area contributed by atoms with Crippen molar-refractivity contribution in [2.45, 2.75) is 6.42 Å². The fourth-order valence-corrected chi connectivity index (χ4v) is 1.43. The van der Waals surface area contributed by atoms with Gasteiger partial charge in [-0.25, -0.2) is 0 Å². The number of aliphatic hydroxyl groups is 1. The van der Waals surface area contributed by atoms with Crippen molar-refractivity contribution in [2.24, 2.45) is 11.3 Å². The summed E-state index contributed by atoms with van der Waals surface area (Å²) < 4.78 is 4.71. The number of cyclic esters (lactones) is 1. The lowest BCUT2D eigenvalue weighted by Gasteiger charge is -2.01. The third-order valence-electron chi connectivity index (χ3n) is 2.34. The Hall–Kier alpha value is -0.570. The van der Waals surface area contributed by atoms with Gasteiger partial charge in [0.1, 0.15) is 0 Å². The van der Waals surface area contributed by atoms with Crippen molar-refractivity contribution in [3.8, 4) is 0 Å². The maximum Gasteiger partial charge on any atom is 0.314 e. The maximum atomic E-state index is 10.8. The molecule has 1 aliphatic carbocycles. The van der Waals surface area contributed by atoms with Crippen LogP contribution >= 0.6 is 0 Å². The Kier molecular flexibility index (Phi) is 0.750. The van der Waals surface area contributed by atoms with Crippen LogP contribution in [0.15, 0.2) is 0 Å². The molecular weight excluding hydrogens is 120 g/mol. The van der Waals surface area contributed by atoms with Gasteiger partial charge < -0.3 is 9.84 Å². The molecule has 1 N–H and O–H groups in total. The molecule has 0 spiro atoms. The SMILES string of the molecule is O=C1OCC2C[C@]12CO. The minimum absolute atomic E-state index is 0.0312. The lowest BCUT2D eigenvalue weighted by molar-refractivity contribution is -0.146. The Balaban J connectivity index is 2.23. The van der Waals surface area contributed by atoms with E-state index in [2.05, 4.69) is 0 Å². The highest BCUT2D eigenvalue weighted by molar-refractivity contribution is 5.83. The number of hydrogen-bond acceptors (Lipinski definition) is 3. The van der Waals surface area contributed by atoms with E-state index in [1.165, 1.54) is 0 Å². The van der Waals surface area contributed by atoms with E-state index in [9.17, 15) is 4.79 Å². The molecule has 9 heavy (non-hydrogen) atoms. The highest BCUT2D eigenvalue weighted by Gasteiger charge is 2.65. The van der Waals surface area contributed by atoms with Crippen molar-refractivity contribution in [2.75, 3.05) is 13.2 Å². The van der Waals surface area contributed by atoms with Crippen molar-refractivity contribution < 1.29 is 14.6 Å². The van der Waals surface area contributed by atoms with Gasteiger partial charge in [-0.2, -0.15) is 0 Å². The number of carbonyl (C=O) groups excluding carboxylic acids is 1. The summed E-state index contributed by atoms with van der Waals surface area (Å²) in [6.07, 6.45) is 0.836. The number of aliphatic hydroxyl groups excluding tert-OH is 1. The van der Waals surface area contributed by atoms with E-state index in [0.717, 1.165) is 6.42 Å². The number of fused-ring (bicyclic) bond motifs is 1. The first-order valence-electron chi connectivity index (χ1n) is 3.08. The molecule has 2 rings (SSSR count). The number of hydrogen-bond donors (Lipinski definition) is 1. The first-order chi connectivity index (χ1) is 4.29. The average Bonchev–Trinajstić information content (AvgIpc) is 2.52. The maximum absolute atomic E-state index is 10.8. The van der Waals surface area contributed by atoms with Gasteiger partial charge in [0.15, 0.2) is 0 Å². The predicted octanol–water partition coefficient (Wildman–Crippen LogP) is -0.458. The molecule has 1 unspecified atom stereocenters. The summed E-state index contributed by atoms with van der Waals surface area (Å²) in [6.45, 7) is 0.496. The van der Waals surface area contributed by atoms with Crippen molar-refractivity contribution in [1.29, 1.82) is 0 Å². The van der Waals surface area contributed by atoms with Crippen LogP contribution in [0, 0.1) is 11.3 Å². The van der Waals surface area contributed by atoms with Crippen molar-refractivity contribution in [3.63, 3.8) is 0 Å². The van der Waals surface area contributed by atoms with Gasteiger partial charge in [0.25, 0.3) is 0 Å². The molecule has 0 aromatic carbocycles. The summed E-state index contributed by atoms with van der Waals surface area (Å²) in [5.74, 6) is 0.130. The fraction of sp³-hybridized carbons (Fsp3) is 0.833. The molecule has 0 radical (unpaired) electrons. The monoisotopic (exact) mass is 128 g/mol. The van der Waals surface area contributed by atoms with Gasteiger partial charge in [-0.05, 0) is 6.42 Å². The van der Waals surface area contributed by atoms with Crippen LogP contribution < -0.4 is 0 Å². The van der Waals surface area contributed by atoms with E-state index >= 15 is 0 Å². The van der Waals surface area contributed by atoms with Gasteiger partial charge >= 0.3 is 5.97 Å². The molecule has 2 aliphatic rings. The zero-order valence-electron chi connectivity index (χ0n) is 4.96. The van der Waals surface area contributed by atoms with E-state index in [-0.39, 0.29) is 12.6 Å². The van der Waals surface area contributed by atoms with Gasteiger partial charge in [0.05, 0.1) is 18.6 Å². The second kappa shape index (κ2) is 1.29. The van der Waals surface area contributed by atoms with E-state index < -0.39 is 5.41 Å². The molecule has 0 aromatic rings. The van der Waals surface area contributed by atoms with E-state index in [1.807, 2.05) is 0 Å². The summed E-state index contributed by atoms with van der Waals surface area (Å²) >= 11 is 0. The molecule has 50 valence electrons. The van der Waals surface area contributed by atoms with E-state index in [4.69, 9.17) is 9.84 Å². The molecule has 0 amide bonds. The van der Waals surface area contributed by atoms with E-state index in [1.54, 1.807) is 0 Å². The number of ether oxygens (including phenoxy) is 1. The summed E-state index contributed by atoms with van der Waals surface area (Å²) in [6, 6.07) is 0. The summed E-state index contributed by atoms with van der Waals surface area (Å²) in [5, 5.41) is 8.74. The Labute approximate surface area is 52.6 Å². The van der Waals surface area contributed by atoms with Crippen LogP contribution in [0.2, 0.25) is 0 Å². The van der Waals surface area contributed by atoms with Crippen molar-refractivity contribution >= 4 is 5.97 Å². The normalized spacial score (nSPS) is 46.3. The molecule has 1 heterocycles. The zero-order valence-corrected chi connectivity index (χ0v) is 4.96. The highest BCUT2D eigenvalue weighted by atomic mass is 16.5. The number of esters is 1. The van der Waals surface area contributed by atoms with Crippen LogP contribution in [0.4, 0.5) is 0 Å². The zero-order chi connectivity index (χ0) is 6.48. The van der Waals surface area contributed by atoms with Gasteiger partial charge in [0.2, 0.25) is 0 Å². The molecular formula is C6H8O3. The molecule has 2 atom stereocenters. The summed E-state index contributed by atoms with van der Waals surface area (Å²) in [7, 11) is 0. The fourth-order valence-electron chi connectivity index (χ4n) is 1.43. The largest absolute Gasteiger partial charge is 0.465 e. The standard InChI is InChI=1S/C6H8O3/c7-3-6-1-4(6)2-9-5(6)8/h4,7H,1-3H2/t4?,6-/m1/s1. The minimum atomic E-state index is -0.444. The lowest BCUT2D eigenvalue weighted by atomic mass is 10.1. The molecule has 0 bridgehead atoms. The van der Waals surface area contributed by atoms with Crippen LogP contribution in [0.5, 0.6) is 0 Å². The molecule has 2 fully saturated rings. The topological polar surface area (TPSA) is 46.5 Å². The Morgan fingerprint density at radius 1 is 1.89 bits per heavy atom. The molecule has 1 aliphatic heterocycles. The first-order valence-corrected chi connectivity index (χ1v) is 3.08. The minimum Gasteiger partial charge on any atom is -0.465 e. The highest BCUT2D eigenvalue weighted by Crippen LogP contribution is 2.57. The predicted molar refractivity (Wildman–Crippen MR) is 28.6 cm³/mol. The number of carbonyl (C=O) groups is 1. The lowest BCUT2D eigenvalue weighted by Crippen LogP contribution is -2.17. The Morgan fingerprint density at radius 3 is 2.89 bits per heavy atom. The Morgan fingerprint density at radius 2 is 2.67 bits per heavy atom. The van der Waals surface area contributed by atoms with Crippen molar-refractivity contribution in [3.05, 3.63) is 0 Å². The van der Waals surface area contributed by atoms with Crippen LogP contribution in [-0.4, -0.2) is 24.3 Å². The number of rotatable bonds is 1. The molecule has 1 saturated carbocycles. The van der Waals surface area contributed by atoms with Crippen molar-refractivity contribution in [1.82, 2.24) is 0 Å². The van der Waals surface area contributed by atoms with Crippen LogP contribution in [0.1, 0.15) is 6.42 Å². The van der Waals surface area contributed by atoms with Gasteiger partial charge in [-0.1, -0.05) is 0 Å². The van der Waals surface area contributed by atoms with Crippen LogP contribution in [-0.2, 0) is 9.53 Å². The molecule has 0 aromatic heterocycles. The third-order valence-corrected chi connectivity index (χ3v) is 2.34. The Bertz CT molecular complexity index is 162. The third kappa shape index (κ3) is 0.435.